The Morgan fingerprint density at radius 3 is 2.61 bits per heavy atom. The molecule has 1 heterocycles. The van der Waals surface area contributed by atoms with E-state index in [1.807, 2.05) is 13.1 Å². The highest BCUT2D eigenvalue weighted by Gasteiger charge is 2.05. The van der Waals surface area contributed by atoms with E-state index in [9.17, 15) is 0 Å². The number of aliphatic hydroxyl groups is 1. The smallest absolute Gasteiger partial charge is 0.196 e. The molecule has 2 aromatic rings. The minimum absolute atomic E-state index is 0.0421. The molecule has 1 aromatic heterocycles. The van der Waals surface area contributed by atoms with Crippen LogP contribution in [0.4, 0.5) is 5.82 Å². The topological polar surface area (TPSA) is 77.4 Å². The van der Waals surface area contributed by atoms with Crippen molar-refractivity contribution in [2.75, 3.05) is 25.1 Å². The zero-order valence-corrected chi connectivity index (χ0v) is 12.6. The van der Waals surface area contributed by atoms with E-state index in [0.29, 0.717) is 29.3 Å². The van der Waals surface area contributed by atoms with E-state index < -0.39 is 0 Å². The summed E-state index contributed by atoms with van der Waals surface area (Å²) in [7, 11) is 1.82. The van der Waals surface area contributed by atoms with Gasteiger partial charge in [0.05, 0.1) is 42.9 Å². The fraction of sp³-hybridized carbons (Fsp3) is 0.176. The standard InChI is InChI=1S/C17H15N5O/c1-19-16(14-5-3-13(10-18)4-6-14)9-15-11-21-17(12-20-15)22(2)7-8-23/h3-6,9,11-12,23H,7-8H2,2H3/b16-9-. The van der Waals surface area contributed by atoms with Crippen molar-refractivity contribution in [2.24, 2.45) is 0 Å². The minimum atomic E-state index is 0.0421. The molecular weight excluding hydrogens is 290 g/mol. The number of anilines is 1. The molecule has 6 heteroatoms. The molecule has 0 fully saturated rings. The highest BCUT2D eigenvalue weighted by Crippen LogP contribution is 2.19. The van der Waals surface area contributed by atoms with Crippen molar-refractivity contribution in [3.05, 3.63) is 64.9 Å². The number of hydrogen-bond acceptors (Lipinski definition) is 5. The monoisotopic (exact) mass is 305 g/mol. The molecule has 0 amide bonds. The summed E-state index contributed by atoms with van der Waals surface area (Å²) in [4.78, 5) is 13.8. The number of rotatable bonds is 5. The molecule has 23 heavy (non-hydrogen) atoms. The number of likely N-dealkylation sites (N-methyl/N-ethyl adjacent to an activating group) is 1. The molecule has 0 atom stereocenters. The molecule has 6 nitrogen and oxygen atoms in total. The van der Waals surface area contributed by atoms with E-state index in [1.54, 1.807) is 47.6 Å². The molecule has 114 valence electrons. The molecule has 0 bridgehead atoms. The summed E-state index contributed by atoms with van der Waals surface area (Å²) < 4.78 is 0. The van der Waals surface area contributed by atoms with Crippen LogP contribution in [0.2, 0.25) is 0 Å². The third kappa shape index (κ3) is 4.13. The van der Waals surface area contributed by atoms with Crippen LogP contribution >= 0.6 is 0 Å². The van der Waals surface area contributed by atoms with Crippen molar-refractivity contribution in [3.8, 4) is 6.07 Å². The fourth-order valence-electron chi connectivity index (χ4n) is 1.90. The first-order chi connectivity index (χ1) is 11.2. The highest BCUT2D eigenvalue weighted by atomic mass is 16.3. The van der Waals surface area contributed by atoms with Crippen LogP contribution in [0.3, 0.4) is 0 Å². The van der Waals surface area contributed by atoms with E-state index in [2.05, 4.69) is 14.8 Å². The van der Waals surface area contributed by atoms with Crippen molar-refractivity contribution in [3.63, 3.8) is 0 Å². The summed E-state index contributed by atoms with van der Waals surface area (Å²) in [6.07, 6.45) is 4.83. The van der Waals surface area contributed by atoms with Crippen LogP contribution in [0.25, 0.3) is 16.6 Å². The SMILES string of the molecule is [C-]#[N+]/C(=C\c1cnc(N(C)CCO)cn1)c1ccc(C#N)cc1. The lowest BCUT2D eigenvalue weighted by atomic mass is 10.1. The number of aromatic nitrogens is 2. The van der Waals surface area contributed by atoms with Gasteiger partial charge in [0.15, 0.2) is 5.70 Å². The lowest BCUT2D eigenvalue weighted by molar-refractivity contribution is 0.304. The molecule has 0 radical (unpaired) electrons. The van der Waals surface area contributed by atoms with Gasteiger partial charge >= 0.3 is 0 Å². The Bertz CT molecular complexity index is 767. The minimum Gasteiger partial charge on any atom is -0.395 e. The quantitative estimate of drug-likeness (QED) is 0.857. The van der Waals surface area contributed by atoms with Crippen molar-refractivity contribution >= 4 is 17.6 Å². The van der Waals surface area contributed by atoms with E-state index in [-0.39, 0.29) is 6.61 Å². The van der Waals surface area contributed by atoms with Gasteiger partial charge in [-0.3, -0.25) is 4.98 Å². The highest BCUT2D eigenvalue weighted by molar-refractivity contribution is 5.84. The normalized spacial score (nSPS) is 10.7. The third-order valence-electron chi connectivity index (χ3n) is 3.20. The molecule has 0 saturated heterocycles. The second-order valence-electron chi connectivity index (χ2n) is 4.78. The molecule has 0 unspecified atom stereocenters. The Morgan fingerprint density at radius 2 is 2.09 bits per heavy atom. The predicted octanol–water partition coefficient (Wildman–Crippen LogP) is 2.19. The van der Waals surface area contributed by atoms with Crippen molar-refractivity contribution in [1.29, 1.82) is 5.26 Å². The molecule has 0 aliphatic carbocycles. The predicted molar refractivity (Wildman–Crippen MR) is 88.0 cm³/mol. The molecule has 1 aromatic carbocycles. The van der Waals surface area contributed by atoms with Crippen molar-refractivity contribution in [2.45, 2.75) is 0 Å². The lowest BCUT2D eigenvalue weighted by Crippen LogP contribution is -2.22. The van der Waals surface area contributed by atoms with E-state index in [4.69, 9.17) is 16.9 Å². The summed E-state index contributed by atoms with van der Waals surface area (Å²) in [6, 6.07) is 8.86. The van der Waals surface area contributed by atoms with Gasteiger partial charge in [0, 0.05) is 13.6 Å². The second-order valence-corrected chi connectivity index (χ2v) is 4.78. The molecule has 0 saturated carbocycles. The van der Waals surface area contributed by atoms with Gasteiger partial charge in [-0.15, -0.1) is 0 Å². The largest absolute Gasteiger partial charge is 0.395 e. The molecular formula is C17H15N5O. The number of nitrogens with zero attached hydrogens (tertiary/aromatic N) is 5. The molecule has 1 N–H and O–H groups in total. The van der Waals surface area contributed by atoms with Crippen LogP contribution in [-0.2, 0) is 0 Å². The third-order valence-corrected chi connectivity index (χ3v) is 3.20. The fourth-order valence-corrected chi connectivity index (χ4v) is 1.90. The van der Waals surface area contributed by atoms with E-state index in [0.717, 1.165) is 5.56 Å². The number of aliphatic hydroxyl groups excluding tert-OH is 1. The molecule has 2 rings (SSSR count). The summed E-state index contributed by atoms with van der Waals surface area (Å²) >= 11 is 0. The van der Waals surface area contributed by atoms with Gasteiger partial charge < -0.3 is 10.0 Å². The Hall–Kier alpha value is -3.22. The summed E-state index contributed by atoms with van der Waals surface area (Å²) in [5.74, 6) is 0.652. The van der Waals surface area contributed by atoms with Crippen LogP contribution in [0.1, 0.15) is 16.8 Å². The summed E-state index contributed by atoms with van der Waals surface area (Å²) in [6.45, 7) is 7.83. The van der Waals surface area contributed by atoms with Gasteiger partial charge in [0.2, 0.25) is 0 Å². The van der Waals surface area contributed by atoms with Crippen LogP contribution in [-0.4, -0.2) is 35.3 Å². The Kier molecular flexibility index (Phi) is 5.40. The van der Waals surface area contributed by atoms with Gasteiger partial charge in [-0.05, 0) is 23.8 Å². The molecule has 0 aliphatic heterocycles. The first kappa shape index (κ1) is 16.2. The number of benzene rings is 1. The Morgan fingerprint density at radius 1 is 1.35 bits per heavy atom. The van der Waals surface area contributed by atoms with Gasteiger partial charge in [-0.2, -0.15) is 5.26 Å². The first-order valence-corrected chi connectivity index (χ1v) is 6.91. The van der Waals surface area contributed by atoms with E-state index >= 15 is 0 Å². The maximum Gasteiger partial charge on any atom is 0.196 e. The average molecular weight is 305 g/mol. The number of hydrogen-bond donors (Lipinski definition) is 1. The van der Waals surface area contributed by atoms with Gasteiger partial charge in [-0.25, -0.2) is 9.83 Å². The van der Waals surface area contributed by atoms with Crippen LogP contribution < -0.4 is 4.90 Å². The van der Waals surface area contributed by atoms with Crippen LogP contribution in [0, 0.1) is 17.9 Å². The summed E-state index contributed by atoms with van der Waals surface area (Å²) in [5.41, 5.74) is 2.28. The van der Waals surface area contributed by atoms with Gasteiger partial charge in [-0.1, -0.05) is 12.1 Å². The van der Waals surface area contributed by atoms with E-state index in [1.165, 1.54) is 0 Å². The first-order valence-electron chi connectivity index (χ1n) is 6.91. The number of nitriles is 1. The molecule has 0 aliphatic rings. The average Bonchev–Trinajstić information content (AvgIpc) is 2.60. The van der Waals surface area contributed by atoms with Crippen LogP contribution in [0.5, 0.6) is 0 Å². The van der Waals surface area contributed by atoms with Crippen LogP contribution in [0.15, 0.2) is 36.7 Å². The maximum atomic E-state index is 8.91. The van der Waals surface area contributed by atoms with Crippen molar-refractivity contribution in [1.82, 2.24) is 9.97 Å². The second kappa shape index (κ2) is 7.69. The lowest BCUT2D eigenvalue weighted by Gasteiger charge is -2.15. The summed E-state index contributed by atoms with van der Waals surface area (Å²) in [5, 5.41) is 17.7. The van der Waals surface area contributed by atoms with Gasteiger partial charge in [0.1, 0.15) is 5.82 Å². The zero-order chi connectivity index (χ0) is 16.7. The Balaban J connectivity index is 2.24. The van der Waals surface area contributed by atoms with Crippen molar-refractivity contribution < 1.29 is 5.11 Å². The molecule has 0 spiro atoms. The van der Waals surface area contributed by atoms with Gasteiger partial charge in [0.25, 0.3) is 0 Å². The Labute approximate surface area is 134 Å². The zero-order valence-electron chi connectivity index (χ0n) is 12.6. The maximum absolute atomic E-state index is 8.91.